The third-order valence-electron chi connectivity index (χ3n) is 4.20. The van der Waals surface area contributed by atoms with Gasteiger partial charge in [-0.15, -0.1) is 0 Å². The number of alkyl halides is 1. The molecule has 2 fully saturated rings. The zero-order valence-electron chi connectivity index (χ0n) is 9.83. The summed E-state index contributed by atoms with van der Waals surface area (Å²) in [5, 5.41) is 0. The van der Waals surface area contributed by atoms with E-state index in [-0.39, 0.29) is 0 Å². The molecule has 0 aliphatic heterocycles. The maximum atomic E-state index is 5.23. The van der Waals surface area contributed by atoms with Crippen LogP contribution in [-0.2, 0) is 0 Å². The minimum atomic E-state index is 0.482. The highest BCUT2D eigenvalue weighted by molar-refractivity contribution is 9.11. The van der Waals surface area contributed by atoms with Gasteiger partial charge in [-0.3, -0.25) is 0 Å². The number of rotatable bonds is 3. The second-order valence-electron chi connectivity index (χ2n) is 5.28. The first-order chi connectivity index (χ1) is 8.19. The van der Waals surface area contributed by atoms with Crippen molar-refractivity contribution in [3.05, 3.63) is 28.2 Å². The number of halogens is 2. The third kappa shape index (κ3) is 2.28. The molecule has 3 rings (SSSR count). The van der Waals surface area contributed by atoms with Crippen molar-refractivity contribution >= 4 is 31.9 Å². The van der Waals surface area contributed by atoms with Crippen molar-refractivity contribution in [2.45, 2.75) is 24.1 Å². The molecule has 3 atom stereocenters. The number of methoxy groups -OCH3 is 1. The predicted molar refractivity (Wildman–Crippen MR) is 76.7 cm³/mol. The lowest BCUT2D eigenvalue weighted by Gasteiger charge is -2.21. The number of hydrogen-bond donors (Lipinski definition) is 0. The lowest BCUT2D eigenvalue weighted by atomic mass is 9.94. The maximum Gasteiger partial charge on any atom is 0.120 e. The Labute approximate surface area is 119 Å². The van der Waals surface area contributed by atoms with E-state index < -0.39 is 0 Å². The molecular formula is C14H16Br2O. The van der Waals surface area contributed by atoms with Gasteiger partial charge < -0.3 is 4.74 Å². The average Bonchev–Trinajstić information content (AvgIpc) is 2.95. The molecule has 0 radical (unpaired) electrons. The second kappa shape index (κ2) is 4.58. The SMILES string of the molecule is COc1ccc(C(Br)C2CC3CC3C2)c(Br)c1. The Kier molecular flexibility index (Phi) is 3.24. The Balaban J connectivity index is 1.78. The maximum absolute atomic E-state index is 5.23. The zero-order chi connectivity index (χ0) is 12.0. The van der Waals surface area contributed by atoms with E-state index in [2.05, 4.69) is 44.0 Å². The van der Waals surface area contributed by atoms with Gasteiger partial charge in [0, 0.05) is 9.30 Å². The van der Waals surface area contributed by atoms with Crippen molar-refractivity contribution in [3.8, 4) is 5.75 Å². The van der Waals surface area contributed by atoms with Crippen LogP contribution in [0.5, 0.6) is 5.75 Å². The molecule has 0 spiro atoms. The molecule has 2 aliphatic rings. The summed E-state index contributed by atoms with van der Waals surface area (Å²) in [5.74, 6) is 3.80. The molecule has 2 saturated carbocycles. The molecule has 2 aliphatic carbocycles. The highest BCUT2D eigenvalue weighted by Crippen LogP contribution is 2.59. The normalized spacial score (nSPS) is 32.1. The fourth-order valence-electron chi connectivity index (χ4n) is 3.11. The van der Waals surface area contributed by atoms with Crippen LogP contribution in [0, 0.1) is 17.8 Å². The number of hydrogen-bond acceptors (Lipinski definition) is 1. The van der Waals surface area contributed by atoms with E-state index in [1.165, 1.54) is 24.8 Å². The van der Waals surface area contributed by atoms with Crippen molar-refractivity contribution in [1.29, 1.82) is 0 Å². The van der Waals surface area contributed by atoms with Crippen molar-refractivity contribution in [2.24, 2.45) is 17.8 Å². The van der Waals surface area contributed by atoms with Crippen LogP contribution in [0.1, 0.15) is 29.7 Å². The number of ether oxygens (including phenoxy) is 1. The van der Waals surface area contributed by atoms with Gasteiger partial charge in [-0.1, -0.05) is 37.9 Å². The highest BCUT2D eigenvalue weighted by Gasteiger charge is 2.47. The van der Waals surface area contributed by atoms with Gasteiger partial charge in [-0.25, -0.2) is 0 Å². The van der Waals surface area contributed by atoms with Gasteiger partial charge in [0.15, 0.2) is 0 Å². The predicted octanol–water partition coefficient (Wildman–Crippen LogP) is 4.94. The molecule has 92 valence electrons. The van der Waals surface area contributed by atoms with Crippen LogP contribution >= 0.6 is 31.9 Å². The summed E-state index contributed by atoms with van der Waals surface area (Å²) in [6, 6.07) is 6.27. The Morgan fingerprint density at radius 2 is 1.94 bits per heavy atom. The fourth-order valence-corrected chi connectivity index (χ4v) is 4.86. The van der Waals surface area contributed by atoms with E-state index in [0.717, 1.165) is 28.0 Å². The largest absolute Gasteiger partial charge is 0.497 e. The first kappa shape index (κ1) is 12.0. The van der Waals surface area contributed by atoms with Crippen LogP contribution in [0.15, 0.2) is 22.7 Å². The minimum Gasteiger partial charge on any atom is -0.497 e. The molecule has 0 heterocycles. The van der Waals surface area contributed by atoms with E-state index in [0.29, 0.717) is 4.83 Å². The van der Waals surface area contributed by atoms with Gasteiger partial charge in [0.25, 0.3) is 0 Å². The topological polar surface area (TPSA) is 9.23 Å². The molecular weight excluding hydrogens is 344 g/mol. The third-order valence-corrected chi connectivity index (χ3v) is 6.13. The van der Waals surface area contributed by atoms with Crippen LogP contribution in [0.3, 0.4) is 0 Å². The van der Waals surface area contributed by atoms with Crippen LogP contribution < -0.4 is 4.74 Å². The van der Waals surface area contributed by atoms with Crippen LogP contribution in [0.4, 0.5) is 0 Å². The lowest BCUT2D eigenvalue weighted by molar-refractivity contribution is 0.414. The molecule has 3 heteroatoms. The quantitative estimate of drug-likeness (QED) is 0.694. The van der Waals surface area contributed by atoms with Crippen molar-refractivity contribution in [3.63, 3.8) is 0 Å². The lowest BCUT2D eigenvalue weighted by Crippen LogP contribution is -2.06. The van der Waals surface area contributed by atoms with Crippen molar-refractivity contribution < 1.29 is 4.74 Å². The first-order valence-corrected chi connectivity index (χ1v) is 7.87. The molecule has 0 amide bonds. The van der Waals surface area contributed by atoms with E-state index in [4.69, 9.17) is 4.74 Å². The fraction of sp³-hybridized carbons (Fsp3) is 0.571. The Morgan fingerprint density at radius 3 is 2.53 bits per heavy atom. The number of fused-ring (bicyclic) bond motifs is 1. The summed E-state index contributed by atoms with van der Waals surface area (Å²) in [5.41, 5.74) is 1.36. The van der Waals surface area contributed by atoms with E-state index in [1.54, 1.807) is 7.11 Å². The molecule has 1 aromatic carbocycles. The molecule has 1 aromatic rings. The van der Waals surface area contributed by atoms with Gasteiger partial charge in [0.05, 0.1) is 7.11 Å². The van der Waals surface area contributed by atoms with Gasteiger partial charge in [0.2, 0.25) is 0 Å². The van der Waals surface area contributed by atoms with E-state index >= 15 is 0 Å². The smallest absolute Gasteiger partial charge is 0.120 e. The Bertz CT molecular complexity index is 422. The molecule has 0 saturated heterocycles. The zero-order valence-corrected chi connectivity index (χ0v) is 13.0. The monoisotopic (exact) mass is 358 g/mol. The molecule has 0 N–H and O–H groups in total. The molecule has 1 nitrogen and oxygen atoms in total. The summed E-state index contributed by atoms with van der Waals surface area (Å²) in [6.07, 6.45) is 4.29. The van der Waals surface area contributed by atoms with Crippen LogP contribution in [-0.4, -0.2) is 7.11 Å². The second-order valence-corrected chi connectivity index (χ2v) is 7.12. The van der Waals surface area contributed by atoms with Crippen LogP contribution in [0.2, 0.25) is 0 Å². The van der Waals surface area contributed by atoms with Gasteiger partial charge in [0.1, 0.15) is 5.75 Å². The minimum absolute atomic E-state index is 0.482. The standard InChI is InChI=1S/C14H16Br2O/c1-17-11-2-3-12(13(15)7-11)14(16)10-5-8-4-9(8)6-10/h2-3,7-10,14H,4-6H2,1H3. The Hall–Kier alpha value is -0.0200. The number of benzene rings is 1. The summed E-state index contributed by atoms with van der Waals surface area (Å²) in [6.45, 7) is 0. The summed E-state index contributed by atoms with van der Waals surface area (Å²) in [7, 11) is 1.71. The van der Waals surface area contributed by atoms with E-state index in [9.17, 15) is 0 Å². The summed E-state index contributed by atoms with van der Waals surface area (Å²) in [4.78, 5) is 0.482. The van der Waals surface area contributed by atoms with Crippen molar-refractivity contribution in [1.82, 2.24) is 0 Å². The summed E-state index contributed by atoms with van der Waals surface area (Å²) < 4.78 is 6.39. The highest BCUT2D eigenvalue weighted by atomic mass is 79.9. The van der Waals surface area contributed by atoms with Crippen LogP contribution in [0.25, 0.3) is 0 Å². The van der Waals surface area contributed by atoms with Gasteiger partial charge in [-0.2, -0.15) is 0 Å². The first-order valence-electron chi connectivity index (χ1n) is 6.16. The van der Waals surface area contributed by atoms with E-state index in [1.807, 2.05) is 6.07 Å². The molecule has 0 aromatic heterocycles. The Morgan fingerprint density at radius 1 is 1.24 bits per heavy atom. The van der Waals surface area contributed by atoms with Crippen molar-refractivity contribution in [2.75, 3.05) is 7.11 Å². The molecule has 3 unspecified atom stereocenters. The molecule has 17 heavy (non-hydrogen) atoms. The van der Waals surface area contributed by atoms with Gasteiger partial charge >= 0.3 is 0 Å². The summed E-state index contributed by atoms with van der Waals surface area (Å²) >= 11 is 7.54. The average molecular weight is 360 g/mol. The van der Waals surface area contributed by atoms with Gasteiger partial charge in [-0.05, 0) is 54.7 Å². The molecule has 0 bridgehead atoms.